The van der Waals surface area contributed by atoms with E-state index >= 15 is 0 Å². The SMILES string of the molecule is CCCNC1CCC(C)CC1CN(CC)CC. The fourth-order valence-electron chi connectivity index (χ4n) is 3.11. The number of hydrogen-bond acceptors (Lipinski definition) is 2. The maximum Gasteiger partial charge on any atom is 0.0108 e. The van der Waals surface area contributed by atoms with E-state index in [1.807, 2.05) is 0 Å². The molecule has 17 heavy (non-hydrogen) atoms. The molecule has 0 aromatic rings. The van der Waals surface area contributed by atoms with Crippen LogP contribution >= 0.6 is 0 Å². The predicted molar refractivity (Wildman–Crippen MR) is 76.4 cm³/mol. The fourth-order valence-corrected chi connectivity index (χ4v) is 3.11. The second kappa shape index (κ2) is 8.10. The Kier molecular flexibility index (Phi) is 7.14. The zero-order valence-corrected chi connectivity index (χ0v) is 12.3. The van der Waals surface area contributed by atoms with E-state index in [0.717, 1.165) is 17.9 Å². The Labute approximate surface area is 108 Å². The van der Waals surface area contributed by atoms with Crippen molar-refractivity contribution < 1.29 is 0 Å². The van der Waals surface area contributed by atoms with E-state index in [1.54, 1.807) is 0 Å². The molecule has 1 saturated carbocycles. The van der Waals surface area contributed by atoms with Crippen molar-refractivity contribution in [3.63, 3.8) is 0 Å². The highest BCUT2D eigenvalue weighted by Gasteiger charge is 2.28. The highest BCUT2D eigenvalue weighted by atomic mass is 15.1. The van der Waals surface area contributed by atoms with Gasteiger partial charge in [-0.05, 0) is 57.2 Å². The lowest BCUT2D eigenvalue weighted by Crippen LogP contribution is -2.45. The molecule has 0 bridgehead atoms. The zero-order chi connectivity index (χ0) is 12.7. The van der Waals surface area contributed by atoms with Crippen LogP contribution in [0.3, 0.4) is 0 Å². The molecule has 0 aromatic carbocycles. The summed E-state index contributed by atoms with van der Waals surface area (Å²) in [6, 6.07) is 0.770. The highest BCUT2D eigenvalue weighted by Crippen LogP contribution is 2.29. The van der Waals surface area contributed by atoms with E-state index in [0.29, 0.717) is 0 Å². The number of hydrogen-bond donors (Lipinski definition) is 1. The molecule has 3 unspecified atom stereocenters. The molecule has 0 aliphatic heterocycles. The molecule has 2 nitrogen and oxygen atoms in total. The first-order chi connectivity index (χ1) is 8.21. The van der Waals surface area contributed by atoms with Gasteiger partial charge in [0.25, 0.3) is 0 Å². The first-order valence-corrected chi connectivity index (χ1v) is 7.66. The molecular weight excluding hydrogens is 208 g/mol. The Hall–Kier alpha value is -0.0800. The molecule has 3 atom stereocenters. The van der Waals surface area contributed by atoms with Crippen LogP contribution in [0, 0.1) is 11.8 Å². The monoisotopic (exact) mass is 240 g/mol. The van der Waals surface area contributed by atoms with Gasteiger partial charge in [0.05, 0.1) is 0 Å². The molecule has 0 amide bonds. The van der Waals surface area contributed by atoms with Gasteiger partial charge >= 0.3 is 0 Å². The molecule has 1 rings (SSSR count). The largest absolute Gasteiger partial charge is 0.314 e. The van der Waals surface area contributed by atoms with Crippen LogP contribution in [0.1, 0.15) is 53.4 Å². The summed E-state index contributed by atoms with van der Waals surface area (Å²) in [5, 5.41) is 3.77. The highest BCUT2D eigenvalue weighted by molar-refractivity contribution is 4.85. The van der Waals surface area contributed by atoms with Crippen molar-refractivity contribution in [1.29, 1.82) is 0 Å². The van der Waals surface area contributed by atoms with Crippen molar-refractivity contribution in [2.24, 2.45) is 11.8 Å². The van der Waals surface area contributed by atoms with Gasteiger partial charge in [-0.3, -0.25) is 0 Å². The minimum Gasteiger partial charge on any atom is -0.314 e. The van der Waals surface area contributed by atoms with Crippen LogP contribution < -0.4 is 5.32 Å². The lowest BCUT2D eigenvalue weighted by molar-refractivity contribution is 0.152. The molecular formula is C15H32N2. The first-order valence-electron chi connectivity index (χ1n) is 7.66. The molecule has 0 heterocycles. The third-order valence-corrected chi connectivity index (χ3v) is 4.29. The summed E-state index contributed by atoms with van der Waals surface area (Å²) < 4.78 is 0. The van der Waals surface area contributed by atoms with Crippen LogP contribution in [0.25, 0.3) is 0 Å². The van der Waals surface area contributed by atoms with E-state index in [9.17, 15) is 0 Å². The molecule has 2 heteroatoms. The van der Waals surface area contributed by atoms with Crippen LogP contribution in [-0.2, 0) is 0 Å². The van der Waals surface area contributed by atoms with Crippen LogP contribution in [0.4, 0.5) is 0 Å². The quantitative estimate of drug-likeness (QED) is 0.735. The van der Waals surface area contributed by atoms with Gasteiger partial charge in [-0.25, -0.2) is 0 Å². The van der Waals surface area contributed by atoms with Gasteiger partial charge in [0.15, 0.2) is 0 Å². The Morgan fingerprint density at radius 2 is 1.82 bits per heavy atom. The normalized spacial score (nSPS) is 29.8. The van der Waals surface area contributed by atoms with Gasteiger partial charge in [-0.1, -0.05) is 27.7 Å². The summed E-state index contributed by atoms with van der Waals surface area (Å²) in [7, 11) is 0. The number of nitrogens with zero attached hydrogens (tertiary/aromatic N) is 1. The topological polar surface area (TPSA) is 15.3 Å². The van der Waals surface area contributed by atoms with E-state index < -0.39 is 0 Å². The smallest absolute Gasteiger partial charge is 0.0108 e. The minimum atomic E-state index is 0.770. The number of nitrogens with one attached hydrogen (secondary N) is 1. The maximum absolute atomic E-state index is 3.77. The van der Waals surface area contributed by atoms with Crippen molar-refractivity contribution in [3.05, 3.63) is 0 Å². The Morgan fingerprint density at radius 3 is 2.41 bits per heavy atom. The predicted octanol–water partition coefficient (Wildman–Crippen LogP) is 3.13. The molecule has 1 fully saturated rings. The van der Waals surface area contributed by atoms with Gasteiger partial charge in [-0.2, -0.15) is 0 Å². The Bertz CT molecular complexity index is 187. The van der Waals surface area contributed by atoms with Crippen LogP contribution in [0.5, 0.6) is 0 Å². The third kappa shape index (κ3) is 4.97. The van der Waals surface area contributed by atoms with Crippen molar-refractivity contribution in [2.45, 2.75) is 59.4 Å². The zero-order valence-electron chi connectivity index (χ0n) is 12.3. The number of rotatable bonds is 7. The lowest BCUT2D eigenvalue weighted by Gasteiger charge is -2.38. The van der Waals surface area contributed by atoms with E-state index in [2.05, 4.69) is 37.9 Å². The minimum absolute atomic E-state index is 0.770. The lowest BCUT2D eigenvalue weighted by atomic mass is 9.78. The first kappa shape index (κ1) is 15.0. The molecule has 102 valence electrons. The van der Waals surface area contributed by atoms with Crippen molar-refractivity contribution in [1.82, 2.24) is 10.2 Å². The third-order valence-electron chi connectivity index (χ3n) is 4.29. The molecule has 0 spiro atoms. The Morgan fingerprint density at radius 1 is 1.12 bits per heavy atom. The van der Waals surface area contributed by atoms with E-state index in [-0.39, 0.29) is 0 Å². The van der Waals surface area contributed by atoms with Crippen LogP contribution in [-0.4, -0.2) is 37.1 Å². The van der Waals surface area contributed by atoms with Crippen LogP contribution in [0.15, 0.2) is 0 Å². The molecule has 0 saturated heterocycles. The summed E-state index contributed by atoms with van der Waals surface area (Å²) in [5.41, 5.74) is 0. The Balaban J connectivity index is 2.48. The fraction of sp³-hybridized carbons (Fsp3) is 1.00. The summed E-state index contributed by atoms with van der Waals surface area (Å²) in [5.74, 6) is 1.79. The summed E-state index contributed by atoms with van der Waals surface area (Å²) >= 11 is 0. The second-order valence-electron chi connectivity index (χ2n) is 5.72. The van der Waals surface area contributed by atoms with Crippen molar-refractivity contribution in [2.75, 3.05) is 26.2 Å². The summed E-state index contributed by atoms with van der Waals surface area (Å²) in [6.07, 6.45) is 5.46. The second-order valence-corrected chi connectivity index (χ2v) is 5.72. The summed E-state index contributed by atoms with van der Waals surface area (Å²) in [6.45, 7) is 14.1. The molecule has 1 aliphatic carbocycles. The molecule has 1 N–H and O–H groups in total. The standard InChI is InChI=1S/C15H32N2/c1-5-10-16-15-9-8-13(4)11-14(15)12-17(6-2)7-3/h13-16H,5-12H2,1-4H3. The average Bonchev–Trinajstić information content (AvgIpc) is 2.35. The molecule has 0 radical (unpaired) electrons. The van der Waals surface area contributed by atoms with Crippen molar-refractivity contribution in [3.8, 4) is 0 Å². The summed E-state index contributed by atoms with van der Waals surface area (Å²) in [4.78, 5) is 2.59. The van der Waals surface area contributed by atoms with Gasteiger partial charge in [0.2, 0.25) is 0 Å². The van der Waals surface area contributed by atoms with Gasteiger partial charge in [0, 0.05) is 12.6 Å². The maximum atomic E-state index is 3.77. The van der Waals surface area contributed by atoms with Crippen LogP contribution in [0.2, 0.25) is 0 Å². The van der Waals surface area contributed by atoms with Gasteiger partial charge in [-0.15, -0.1) is 0 Å². The average molecular weight is 240 g/mol. The van der Waals surface area contributed by atoms with Gasteiger partial charge < -0.3 is 10.2 Å². The molecule has 1 aliphatic rings. The molecule has 0 aromatic heterocycles. The van der Waals surface area contributed by atoms with E-state index in [1.165, 1.54) is 51.9 Å². The van der Waals surface area contributed by atoms with E-state index in [4.69, 9.17) is 0 Å². The van der Waals surface area contributed by atoms with Gasteiger partial charge in [0.1, 0.15) is 0 Å². The van der Waals surface area contributed by atoms with Crippen molar-refractivity contribution >= 4 is 0 Å².